The molecule has 2 atom stereocenters. The summed E-state index contributed by atoms with van der Waals surface area (Å²) in [4.78, 5) is 10.8. The van der Waals surface area contributed by atoms with E-state index >= 15 is 0 Å². The highest BCUT2D eigenvalue weighted by molar-refractivity contribution is 5.27. The van der Waals surface area contributed by atoms with Crippen molar-refractivity contribution in [1.29, 1.82) is 0 Å². The summed E-state index contributed by atoms with van der Waals surface area (Å²) in [5.74, 6) is 1.31. The van der Waals surface area contributed by atoms with Crippen LogP contribution in [0.2, 0.25) is 0 Å². The van der Waals surface area contributed by atoms with Gasteiger partial charge in [0.05, 0.1) is 11.8 Å². The SMILES string of the molecule is Cc1ccc(O)c(CN2C[C@@H](C)O[C@@H](c3nc(C)no3)C2)n1. The molecule has 1 saturated heterocycles. The highest BCUT2D eigenvalue weighted by Crippen LogP contribution is 2.26. The number of rotatable bonds is 3. The average Bonchev–Trinajstić information content (AvgIpc) is 2.89. The maximum atomic E-state index is 9.96. The van der Waals surface area contributed by atoms with Crippen LogP contribution in [0.1, 0.15) is 36.1 Å². The van der Waals surface area contributed by atoms with Crippen molar-refractivity contribution in [2.24, 2.45) is 0 Å². The van der Waals surface area contributed by atoms with Gasteiger partial charge in [-0.1, -0.05) is 5.16 Å². The Morgan fingerprint density at radius 2 is 2.09 bits per heavy atom. The molecule has 3 rings (SSSR count). The first-order valence-corrected chi connectivity index (χ1v) is 7.35. The van der Waals surface area contributed by atoms with Crippen molar-refractivity contribution in [1.82, 2.24) is 20.0 Å². The molecule has 1 aliphatic rings. The molecule has 7 heteroatoms. The third-order valence-electron chi connectivity index (χ3n) is 3.62. The second-order valence-corrected chi connectivity index (χ2v) is 5.73. The molecule has 0 aromatic carbocycles. The minimum atomic E-state index is -0.253. The van der Waals surface area contributed by atoms with Gasteiger partial charge in [0.2, 0.25) is 0 Å². The highest BCUT2D eigenvalue weighted by Gasteiger charge is 2.30. The Morgan fingerprint density at radius 3 is 2.82 bits per heavy atom. The van der Waals surface area contributed by atoms with Gasteiger partial charge < -0.3 is 14.4 Å². The van der Waals surface area contributed by atoms with Crippen molar-refractivity contribution in [3.63, 3.8) is 0 Å². The van der Waals surface area contributed by atoms with E-state index in [2.05, 4.69) is 20.0 Å². The summed E-state index contributed by atoms with van der Waals surface area (Å²) < 4.78 is 11.1. The predicted molar refractivity (Wildman–Crippen MR) is 78.2 cm³/mol. The first-order chi connectivity index (χ1) is 10.5. The quantitative estimate of drug-likeness (QED) is 0.924. The number of hydrogen-bond donors (Lipinski definition) is 1. The molecular weight excluding hydrogens is 284 g/mol. The summed E-state index contributed by atoms with van der Waals surface area (Å²) in [6, 6.07) is 3.48. The van der Waals surface area contributed by atoms with E-state index in [1.807, 2.05) is 13.8 Å². The highest BCUT2D eigenvalue weighted by atomic mass is 16.5. The Kier molecular flexibility index (Phi) is 4.08. The molecule has 22 heavy (non-hydrogen) atoms. The number of nitrogens with zero attached hydrogens (tertiary/aromatic N) is 4. The fraction of sp³-hybridized carbons (Fsp3) is 0.533. The van der Waals surface area contributed by atoms with Gasteiger partial charge in [-0.3, -0.25) is 9.88 Å². The largest absolute Gasteiger partial charge is 0.506 e. The number of hydrogen-bond acceptors (Lipinski definition) is 7. The van der Waals surface area contributed by atoms with Crippen LogP contribution < -0.4 is 0 Å². The van der Waals surface area contributed by atoms with Crippen molar-refractivity contribution in [2.75, 3.05) is 13.1 Å². The van der Waals surface area contributed by atoms with Gasteiger partial charge >= 0.3 is 0 Å². The molecule has 0 saturated carbocycles. The van der Waals surface area contributed by atoms with E-state index in [0.29, 0.717) is 30.5 Å². The molecule has 7 nitrogen and oxygen atoms in total. The maximum absolute atomic E-state index is 9.96. The van der Waals surface area contributed by atoms with E-state index < -0.39 is 0 Å². The Balaban J connectivity index is 1.75. The number of aromatic hydroxyl groups is 1. The number of aromatic nitrogens is 3. The summed E-state index contributed by atoms with van der Waals surface area (Å²) in [5, 5.41) is 13.8. The second-order valence-electron chi connectivity index (χ2n) is 5.73. The summed E-state index contributed by atoms with van der Waals surface area (Å²) in [6.45, 7) is 7.65. The lowest BCUT2D eigenvalue weighted by molar-refractivity contribution is -0.0934. The molecule has 0 bridgehead atoms. The molecular formula is C15H20N4O3. The van der Waals surface area contributed by atoms with Crippen LogP contribution in [0.15, 0.2) is 16.7 Å². The standard InChI is InChI=1S/C15H20N4O3/c1-9-4-5-13(20)12(16-9)7-19-6-10(2)21-14(8-19)15-17-11(3)18-22-15/h4-5,10,14,20H,6-8H2,1-3H3/t10-,14-/m1/s1. The van der Waals surface area contributed by atoms with E-state index in [4.69, 9.17) is 9.26 Å². The molecule has 118 valence electrons. The van der Waals surface area contributed by atoms with Crippen LogP contribution in [0, 0.1) is 13.8 Å². The zero-order chi connectivity index (χ0) is 15.7. The van der Waals surface area contributed by atoms with Gasteiger partial charge in [-0.2, -0.15) is 4.98 Å². The summed E-state index contributed by atoms with van der Waals surface area (Å²) in [5.41, 5.74) is 1.56. The summed E-state index contributed by atoms with van der Waals surface area (Å²) in [6.07, 6.45) is -0.213. The van der Waals surface area contributed by atoms with Gasteiger partial charge in [-0.15, -0.1) is 0 Å². The third kappa shape index (κ3) is 3.26. The Bertz CT molecular complexity index is 658. The topological polar surface area (TPSA) is 84.5 Å². The molecule has 0 radical (unpaired) electrons. The van der Waals surface area contributed by atoms with Crippen molar-refractivity contribution in [3.8, 4) is 5.75 Å². The van der Waals surface area contributed by atoms with E-state index in [9.17, 15) is 5.11 Å². The van der Waals surface area contributed by atoms with Gasteiger partial charge in [-0.25, -0.2) is 0 Å². The van der Waals surface area contributed by atoms with Gasteiger partial charge in [0.15, 0.2) is 5.82 Å². The Hall–Kier alpha value is -1.99. The Labute approximate surface area is 128 Å². The molecule has 0 aliphatic carbocycles. The number of pyridine rings is 1. The fourth-order valence-electron chi connectivity index (χ4n) is 2.68. The van der Waals surface area contributed by atoms with Crippen molar-refractivity contribution in [3.05, 3.63) is 35.2 Å². The van der Waals surface area contributed by atoms with Crippen LogP contribution in [-0.2, 0) is 11.3 Å². The second kappa shape index (κ2) is 6.02. The molecule has 1 N–H and O–H groups in total. The predicted octanol–water partition coefficient (Wildman–Crippen LogP) is 1.75. The zero-order valence-corrected chi connectivity index (χ0v) is 13.0. The van der Waals surface area contributed by atoms with E-state index in [1.165, 1.54) is 0 Å². The molecule has 1 aliphatic heterocycles. The van der Waals surface area contributed by atoms with Crippen molar-refractivity contribution < 1.29 is 14.4 Å². The normalized spacial score (nSPS) is 22.9. The number of aryl methyl sites for hydroxylation is 2. The first-order valence-electron chi connectivity index (χ1n) is 7.35. The molecule has 2 aromatic heterocycles. The molecule has 0 amide bonds. The van der Waals surface area contributed by atoms with E-state index in [1.54, 1.807) is 19.1 Å². The van der Waals surface area contributed by atoms with E-state index in [-0.39, 0.29) is 18.0 Å². The van der Waals surface area contributed by atoms with Crippen LogP contribution in [0.4, 0.5) is 0 Å². The van der Waals surface area contributed by atoms with Crippen LogP contribution >= 0.6 is 0 Å². The summed E-state index contributed by atoms with van der Waals surface area (Å²) >= 11 is 0. The number of morpholine rings is 1. The van der Waals surface area contributed by atoms with Crippen molar-refractivity contribution in [2.45, 2.75) is 39.5 Å². The molecule has 2 aromatic rings. The smallest absolute Gasteiger partial charge is 0.257 e. The summed E-state index contributed by atoms with van der Waals surface area (Å²) in [7, 11) is 0. The molecule has 1 fully saturated rings. The van der Waals surface area contributed by atoms with Gasteiger partial charge in [0.25, 0.3) is 5.89 Å². The minimum absolute atomic E-state index is 0.0397. The zero-order valence-electron chi connectivity index (χ0n) is 13.0. The minimum Gasteiger partial charge on any atom is -0.506 e. The lowest BCUT2D eigenvalue weighted by Gasteiger charge is -2.35. The molecule has 3 heterocycles. The fourth-order valence-corrected chi connectivity index (χ4v) is 2.68. The van der Waals surface area contributed by atoms with E-state index in [0.717, 1.165) is 12.2 Å². The Morgan fingerprint density at radius 1 is 1.27 bits per heavy atom. The lowest BCUT2D eigenvalue weighted by Crippen LogP contribution is -2.42. The van der Waals surface area contributed by atoms with Crippen molar-refractivity contribution >= 4 is 0 Å². The van der Waals surface area contributed by atoms with Gasteiger partial charge in [-0.05, 0) is 32.9 Å². The average molecular weight is 304 g/mol. The third-order valence-corrected chi connectivity index (χ3v) is 3.62. The first kappa shape index (κ1) is 14.9. The lowest BCUT2D eigenvalue weighted by atomic mass is 10.2. The molecule has 0 spiro atoms. The van der Waals surface area contributed by atoms with Crippen LogP contribution in [0.5, 0.6) is 5.75 Å². The molecule has 0 unspecified atom stereocenters. The monoisotopic (exact) mass is 304 g/mol. The number of ether oxygens (including phenoxy) is 1. The van der Waals surface area contributed by atoms with Gasteiger partial charge in [0, 0.05) is 25.3 Å². The maximum Gasteiger partial charge on any atom is 0.257 e. The van der Waals surface area contributed by atoms with Crippen LogP contribution in [-0.4, -0.2) is 44.3 Å². The van der Waals surface area contributed by atoms with Gasteiger partial charge in [0.1, 0.15) is 11.9 Å². The van der Waals surface area contributed by atoms with Crippen LogP contribution in [0.25, 0.3) is 0 Å². The van der Waals surface area contributed by atoms with Crippen LogP contribution in [0.3, 0.4) is 0 Å².